The first kappa shape index (κ1) is 41.3. The van der Waals surface area contributed by atoms with Gasteiger partial charge in [0.05, 0.1) is 36.1 Å². The van der Waals surface area contributed by atoms with E-state index in [2.05, 4.69) is 35.1 Å². The topological polar surface area (TPSA) is 170 Å². The van der Waals surface area contributed by atoms with E-state index in [1.165, 1.54) is 0 Å². The van der Waals surface area contributed by atoms with E-state index < -0.39 is 17.2 Å². The zero-order valence-corrected chi connectivity index (χ0v) is 34.8. The molecule has 0 bridgehead atoms. The fraction of sp³-hybridized carbons (Fsp3) is 0.571. The lowest BCUT2D eigenvalue weighted by molar-refractivity contribution is 0.00804. The highest BCUT2D eigenvalue weighted by Crippen LogP contribution is 2.40. The van der Waals surface area contributed by atoms with E-state index in [-0.39, 0.29) is 28.7 Å². The molecule has 3 aromatic rings. The molecule has 3 aromatic heterocycles. The maximum atomic E-state index is 13.4. The standard InChI is InChI=1S/C42H56N10O5/c1-39(2,3)57-37(54)47-25-41(6,7)27-56-26-40(4,5)14-16-50-24-30-23-49(17-18-51(30)38(50)55)36-45-20-29(21-46-36)32-13-12-31-34(53)42(8,9)52(35(31)48-32)22-28-11-10-15-44-33(28)19-43/h10-13,15,20-21,30H,14,16-18,22-27H2,1-9H3,(H,47,54). The van der Waals surface area contributed by atoms with Crippen molar-refractivity contribution in [2.45, 2.75) is 92.5 Å². The van der Waals surface area contributed by atoms with Crippen molar-refractivity contribution in [1.29, 1.82) is 5.26 Å². The summed E-state index contributed by atoms with van der Waals surface area (Å²) in [6, 6.07) is 9.48. The summed E-state index contributed by atoms with van der Waals surface area (Å²) in [6.07, 6.45) is 5.43. The van der Waals surface area contributed by atoms with E-state index in [4.69, 9.17) is 24.4 Å². The van der Waals surface area contributed by atoms with E-state index in [0.29, 0.717) is 93.3 Å². The highest BCUT2D eigenvalue weighted by Gasteiger charge is 2.46. The van der Waals surface area contributed by atoms with Crippen LogP contribution in [0.4, 0.5) is 21.4 Å². The van der Waals surface area contributed by atoms with Crippen molar-refractivity contribution < 1.29 is 23.9 Å². The molecule has 3 aliphatic rings. The van der Waals surface area contributed by atoms with Crippen LogP contribution in [-0.2, 0) is 16.0 Å². The summed E-state index contributed by atoms with van der Waals surface area (Å²) in [4.78, 5) is 65.5. The second-order valence-electron chi connectivity index (χ2n) is 18.4. The number of alkyl carbamates (subject to hydrolysis) is 1. The first-order valence-corrected chi connectivity index (χ1v) is 19.6. The molecule has 0 aromatic carbocycles. The first-order valence-electron chi connectivity index (χ1n) is 19.6. The molecule has 1 unspecified atom stereocenters. The second-order valence-corrected chi connectivity index (χ2v) is 18.4. The second kappa shape index (κ2) is 15.9. The maximum Gasteiger partial charge on any atom is 0.407 e. The van der Waals surface area contributed by atoms with E-state index in [0.717, 1.165) is 12.0 Å². The lowest BCUT2D eigenvalue weighted by atomic mass is 9.89. The number of carbonyl (C=O) groups excluding carboxylic acids is 3. The van der Waals surface area contributed by atoms with Crippen LogP contribution >= 0.6 is 0 Å². The number of nitriles is 1. The number of hydrogen-bond acceptors (Lipinski definition) is 12. The minimum Gasteiger partial charge on any atom is -0.444 e. The van der Waals surface area contributed by atoms with Gasteiger partial charge in [-0.15, -0.1) is 0 Å². The van der Waals surface area contributed by atoms with Gasteiger partial charge in [0, 0.05) is 80.9 Å². The molecule has 1 N–H and O–H groups in total. The van der Waals surface area contributed by atoms with Gasteiger partial charge in [0.15, 0.2) is 5.78 Å². The number of urea groups is 1. The summed E-state index contributed by atoms with van der Waals surface area (Å²) < 4.78 is 11.5. The van der Waals surface area contributed by atoms with Gasteiger partial charge in [0.25, 0.3) is 0 Å². The highest BCUT2D eigenvalue weighted by molar-refractivity contribution is 6.12. The molecule has 2 fully saturated rings. The SMILES string of the molecule is CC(C)(CCN1CC2CN(c3ncc(-c4ccc5c(n4)N(Cc4cccnc4C#N)C(C)(C)C5=O)cn3)CCN2C1=O)COCC(C)(C)CNC(=O)OC(C)(C)C. The van der Waals surface area contributed by atoms with Gasteiger partial charge in [-0.1, -0.05) is 33.8 Å². The third-order valence-electron chi connectivity index (χ3n) is 10.7. The summed E-state index contributed by atoms with van der Waals surface area (Å²) in [7, 11) is 0. The number of ketones is 1. The molecule has 6 heterocycles. The Morgan fingerprint density at radius 1 is 0.982 bits per heavy atom. The minimum atomic E-state index is -0.858. The monoisotopic (exact) mass is 780 g/mol. The summed E-state index contributed by atoms with van der Waals surface area (Å²) in [5.74, 6) is 1.11. The van der Waals surface area contributed by atoms with Crippen molar-refractivity contribution in [3.05, 3.63) is 59.7 Å². The predicted octanol–water partition coefficient (Wildman–Crippen LogP) is 5.70. The van der Waals surface area contributed by atoms with Crippen molar-refractivity contribution >= 4 is 29.7 Å². The fourth-order valence-electron chi connectivity index (χ4n) is 7.37. The van der Waals surface area contributed by atoms with Crippen LogP contribution in [0.3, 0.4) is 0 Å². The Hall–Kier alpha value is -5.36. The number of hydrogen-bond donors (Lipinski definition) is 1. The van der Waals surface area contributed by atoms with Crippen LogP contribution in [0.5, 0.6) is 0 Å². The Bertz CT molecular complexity index is 2020. The Labute approximate surface area is 335 Å². The normalized spacial score (nSPS) is 18.1. The van der Waals surface area contributed by atoms with Crippen molar-refractivity contribution in [3.63, 3.8) is 0 Å². The summed E-state index contributed by atoms with van der Waals surface area (Å²) in [5, 5.41) is 12.5. The van der Waals surface area contributed by atoms with Gasteiger partial charge in [-0.25, -0.2) is 29.5 Å². The number of anilines is 2. The van der Waals surface area contributed by atoms with Gasteiger partial charge in [0.1, 0.15) is 23.2 Å². The van der Waals surface area contributed by atoms with Gasteiger partial charge < -0.3 is 34.4 Å². The zero-order valence-electron chi connectivity index (χ0n) is 34.8. The van der Waals surface area contributed by atoms with E-state index in [1.807, 2.05) is 75.3 Å². The smallest absolute Gasteiger partial charge is 0.407 e. The van der Waals surface area contributed by atoms with Gasteiger partial charge in [-0.3, -0.25) is 4.79 Å². The molecule has 15 heteroatoms. The number of carbonyl (C=O) groups is 3. The first-order chi connectivity index (χ1) is 26.8. The Morgan fingerprint density at radius 3 is 2.40 bits per heavy atom. The maximum absolute atomic E-state index is 13.4. The van der Waals surface area contributed by atoms with Crippen molar-refractivity contribution in [2.24, 2.45) is 10.8 Å². The molecular formula is C42H56N10O5. The number of nitrogens with one attached hydrogen (secondary N) is 1. The van der Waals surface area contributed by atoms with Crippen LogP contribution in [0.2, 0.25) is 0 Å². The van der Waals surface area contributed by atoms with Crippen LogP contribution in [0.25, 0.3) is 11.3 Å². The summed E-state index contributed by atoms with van der Waals surface area (Å²) in [6.45, 7) is 22.5. The van der Waals surface area contributed by atoms with Gasteiger partial charge in [0.2, 0.25) is 5.95 Å². The van der Waals surface area contributed by atoms with Crippen molar-refractivity contribution in [3.8, 4) is 17.3 Å². The molecule has 0 spiro atoms. The Morgan fingerprint density at radius 2 is 1.70 bits per heavy atom. The molecule has 1 atom stereocenters. The molecule has 6 rings (SSSR count). The van der Waals surface area contributed by atoms with Crippen LogP contribution in [0.15, 0.2) is 42.9 Å². The number of aromatic nitrogens is 4. The lowest BCUT2D eigenvalue weighted by Crippen LogP contribution is -2.52. The van der Waals surface area contributed by atoms with Crippen LogP contribution in [0.1, 0.15) is 90.3 Å². The number of ether oxygens (including phenoxy) is 2. The zero-order chi connectivity index (χ0) is 41.3. The van der Waals surface area contributed by atoms with Gasteiger partial charge in [-0.05, 0) is 64.7 Å². The lowest BCUT2D eigenvalue weighted by Gasteiger charge is -2.36. The average Bonchev–Trinajstić information content (AvgIpc) is 3.57. The predicted molar refractivity (Wildman–Crippen MR) is 216 cm³/mol. The molecule has 0 aliphatic carbocycles. The quantitative estimate of drug-likeness (QED) is 0.225. The van der Waals surface area contributed by atoms with Crippen LogP contribution in [0, 0.1) is 22.2 Å². The van der Waals surface area contributed by atoms with Gasteiger partial charge >= 0.3 is 12.1 Å². The number of Topliss-reactive ketones (excluding diaryl/α,β-unsaturated/α-hetero) is 1. The molecule has 3 aliphatic heterocycles. The van der Waals surface area contributed by atoms with Crippen molar-refractivity contribution in [2.75, 3.05) is 62.3 Å². The van der Waals surface area contributed by atoms with Crippen molar-refractivity contribution in [1.82, 2.24) is 35.1 Å². The van der Waals surface area contributed by atoms with Crippen LogP contribution < -0.4 is 15.1 Å². The number of rotatable bonds is 13. The largest absolute Gasteiger partial charge is 0.444 e. The molecule has 0 saturated carbocycles. The molecule has 304 valence electrons. The Kier molecular flexibility index (Phi) is 11.5. The Balaban J connectivity index is 1.02. The van der Waals surface area contributed by atoms with E-state index >= 15 is 0 Å². The molecule has 15 nitrogen and oxygen atoms in total. The molecule has 0 radical (unpaired) electrons. The summed E-state index contributed by atoms with van der Waals surface area (Å²) >= 11 is 0. The van der Waals surface area contributed by atoms with E-state index in [9.17, 15) is 19.6 Å². The van der Waals surface area contributed by atoms with Gasteiger partial charge in [-0.2, -0.15) is 5.26 Å². The number of nitrogens with zero attached hydrogens (tertiary/aromatic N) is 9. The third kappa shape index (κ3) is 9.44. The molecule has 57 heavy (non-hydrogen) atoms. The number of amides is 3. The van der Waals surface area contributed by atoms with E-state index in [1.54, 1.807) is 30.7 Å². The fourth-order valence-corrected chi connectivity index (χ4v) is 7.37. The number of fused-ring (bicyclic) bond motifs is 2. The number of piperazine rings is 1. The number of pyridine rings is 2. The molecular weight excluding hydrogens is 725 g/mol. The average molecular weight is 781 g/mol. The highest BCUT2D eigenvalue weighted by atomic mass is 16.6. The molecule has 2 saturated heterocycles. The minimum absolute atomic E-state index is 0.0266. The molecule has 3 amide bonds. The summed E-state index contributed by atoms with van der Waals surface area (Å²) in [5.41, 5.74) is 1.08. The third-order valence-corrected chi connectivity index (χ3v) is 10.7. The van der Waals surface area contributed by atoms with Crippen LogP contribution in [-0.4, -0.2) is 117 Å².